The number of aromatic nitrogens is 3. The Kier molecular flexibility index (Phi) is 5.36. The predicted octanol–water partition coefficient (Wildman–Crippen LogP) is 3.72. The number of pyridine rings is 1. The van der Waals surface area contributed by atoms with Crippen molar-refractivity contribution >= 4 is 28.8 Å². The first-order chi connectivity index (χ1) is 13.6. The molecule has 0 unspecified atom stereocenters. The normalized spacial score (nSPS) is 14.2. The van der Waals surface area contributed by atoms with Crippen LogP contribution in [0.5, 0.6) is 5.75 Å². The molecule has 0 saturated carbocycles. The van der Waals surface area contributed by atoms with Crippen LogP contribution in [0.1, 0.15) is 0 Å². The fourth-order valence-corrected chi connectivity index (χ4v) is 3.44. The molecule has 0 amide bonds. The molecule has 1 aliphatic heterocycles. The van der Waals surface area contributed by atoms with Gasteiger partial charge in [0.15, 0.2) is 0 Å². The Morgan fingerprint density at radius 2 is 2.00 bits per heavy atom. The van der Waals surface area contributed by atoms with Crippen LogP contribution in [-0.4, -0.2) is 48.2 Å². The number of anilines is 3. The molecule has 3 heterocycles. The van der Waals surface area contributed by atoms with E-state index in [0.29, 0.717) is 10.8 Å². The number of nitrogens with one attached hydrogen (secondary N) is 1. The summed E-state index contributed by atoms with van der Waals surface area (Å²) in [6.45, 7) is 3.24. The van der Waals surface area contributed by atoms with Crippen LogP contribution >= 0.6 is 11.6 Å². The molecule has 3 aromatic rings. The fraction of sp³-hybridized carbons (Fsp3) is 0.300. The van der Waals surface area contributed by atoms with Crippen LogP contribution in [0, 0.1) is 0 Å². The zero-order valence-electron chi connectivity index (χ0n) is 15.9. The molecule has 0 bridgehead atoms. The summed E-state index contributed by atoms with van der Waals surface area (Å²) in [6.07, 6.45) is 5.34. The number of ether oxygens (including phenoxy) is 2. The van der Waals surface area contributed by atoms with Crippen LogP contribution in [0.3, 0.4) is 0 Å². The van der Waals surface area contributed by atoms with E-state index in [1.807, 2.05) is 31.4 Å². The van der Waals surface area contributed by atoms with Gasteiger partial charge in [0.1, 0.15) is 11.6 Å². The van der Waals surface area contributed by atoms with E-state index in [4.69, 9.17) is 21.1 Å². The van der Waals surface area contributed by atoms with Gasteiger partial charge in [0, 0.05) is 55.4 Å². The molecule has 146 valence electrons. The SMILES string of the molecule is COc1cc(N2CCOCC2)ccc1Nc1cc(-c2cnn(C)c2)c(Cl)cn1. The number of methoxy groups -OCH3 is 1. The van der Waals surface area contributed by atoms with Gasteiger partial charge in [0.25, 0.3) is 0 Å². The van der Waals surface area contributed by atoms with Gasteiger partial charge in [-0.15, -0.1) is 0 Å². The lowest BCUT2D eigenvalue weighted by atomic mass is 10.1. The third-order valence-electron chi connectivity index (χ3n) is 4.70. The van der Waals surface area contributed by atoms with Crippen LogP contribution in [0.25, 0.3) is 11.1 Å². The molecule has 1 fully saturated rings. The van der Waals surface area contributed by atoms with Gasteiger partial charge in [-0.05, 0) is 18.2 Å². The van der Waals surface area contributed by atoms with Crippen molar-refractivity contribution in [2.75, 3.05) is 43.6 Å². The first kappa shape index (κ1) is 18.6. The molecule has 1 aromatic carbocycles. The minimum absolute atomic E-state index is 0.577. The highest BCUT2D eigenvalue weighted by Gasteiger charge is 2.14. The van der Waals surface area contributed by atoms with Crippen molar-refractivity contribution in [1.29, 1.82) is 0 Å². The quantitative estimate of drug-likeness (QED) is 0.705. The van der Waals surface area contributed by atoms with Gasteiger partial charge in [-0.2, -0.15) is 5.10 Å². The van der Waals surface area contributed by atoms with E-state index in [1.54, 1.807) is 24.2 Å². The average Bonchev–Trinajstić information content (AvgIpc) is 3.16. The highest BCUT2D eigenvalue weighted by Crippen LogP contribution is 2.34. The van der Waals surface area contributed by atoms with Crippen LogP contribution in [0.2, 0.25) is 5.02 Å². The zero-order chi connectivity index (χ0) is 19.5. The number of aryl methyl sites for hydroxylation is 1. The fourth-order valence-electron chi connectivity index (χ4n) is 3.23. The van der Waals surface area contributed by atoms with Crippen LogP contribution in [0.15, 0.2) is 42.9 Å². The topological polar surface area (TPSA) is 64.4 Å². The van der Waals surface area contributed by atoms with Crippen molar-refractivity contribution < 1.29 is 9.47 Å². The first-order valence-corrected chi connectivity index (χ1v) is 9.44. The second kappa shape index (κ2) is 8.08. The average molecular weight is 400 g/mol. The molecule has 0 atom stereocenters. The molecule has 2 aromatic heterocycles. The minimum Gasteiger partial charge on any atom is -0.494 e. The molecule has 1 saturated heterocycles. The summed E-state index contributed by atoms with van der Waals surface area (Å²) in [5.41, 5.74) is 3.76. The smallest absolute Gasteiger partial charge is 0.144 e. The Morgan fingerprint density at radius 1 is 1.18 bits per heavy atom. The summed E-state index contributed by atoms with van der Waals surface area (Å²) in [7, 11) is 3.54. The lowest BCUT2D eigenvalue weighted by Crippen LogP contribution is -2.36. The number of benzene rings is 1. The van der Waals surface area contributed by atoms with E-state index in [-0.39, 0.29) is 0 Å². The van der Waals surface area contributed by atoms with Gasteiger partial charge in [-0.3, -0.25) is 4.68 Å². The van der Waals surface area contributed by atoms with E-state index in [1.165, 1.54) is 0 Å². The molecule has 4 rings (SSSR count). The summed E-state index contributed by atoms with van der Waals surface area (Å²) in [5.74, 6) is 1.43. The summed E-state index contributed by atoms with van der Waals surface area (Å²) < 4.78 is 12.8. The van der Waals surface area contributed by atoms with E-state index in [0.717, 1.165) is 54.6 Å². The highest BCUT2D eigenvalue weighted by molar-refractivity contribution is 6.33. The number of halogens is 1. The molecule has 8 heteroatoms. The van der Waals surface area contributed by atoms with Gasteiger partial charge in [0.05, 0.1) is 37.2 Å². The van der Waals surface area contributed by atoms with Crippen LogP contribution in [0.4, 0.5) is 17.2 Å². The van der Waals surface area contributed by atoms with Gasteiger partial charge < -0.3 is 19.7 Å². The van der Waals surface area contributed by atoms with Crippen molar-refractivity contribution in [1.82, 2.24) is 14.8 Å². The first-order valence-electron chi connectivity index (χ1n) is 9.06. The lowest BCUT2D eigenvalue weighted by Gasteiger charge is -2.29. The van der Waals surface area contributed by atoms with Crippen molar-refractivity contribution in [3.63, 3.8) is 0 Å². The van der Waals surface area contributed by atoms with Crippen molar-refractivity contribution in [2.24, 2.45) is 7.05 Å². The minimum atomic E-state index is 0.577. The van der Waals surface area contributed by atoms with Crippen LogP contribution < -0.4 is 15.0 Å². The predicted molar refractivity (Wildman–Crippen MR) is 111 cm³/mol. The Hall–Kier alpha value is -2.77. The molecule has 0 spiro atoms. The monoisotopic (exact) mass is 399 g/mol. The molecule has 0 aliphatic carbocycles. The van der Waals surface area contributed by atoms with Gasteiger partial charge >= 0.3 is 0 Å². The Morgan fingerprint density at radius 3 is 2.71 bits per heavy atom. The van der Waals surface area contributed by atoms with E-state index < -0.39 is 0 Å². The summed E-state index contributed by atoms with van der Waals surface area (Å²) >= 11 is 6.34. The molecular formula is C20H22ClN5O2. The van der Waals surface area contributed by atoms with Gasteiger partial charge in [0.2, 0.25) is 0 Å². The third kappa shape index (κ3) is 3.90. The standard InChI is InChI=1S/C20H22ClN5O2/c1-25-13-14(11-23-25)16-10-20(22-12-17(16)21)24-18-4-3-15(9-19(18)27-2)26-5-7-28-8-6-26/h3-4,9-13H,5-8H2,1-2H3,(H,22,24). The van der Waals surface area contributed by atoms with E-state index >= 15 is 0 Å². The molecule has 28 heavy (non-hydrogen) atoms. The number of nitrogens with zero attached hydrogens (tertiary/aromatic N) is 4. The summed E-state index contributed by atoms with van der Waals surface area (Å²) in [5, 5.41) is 8.12. The van der Waals surface area contributed by atoms with Gasteiger partial charge in [-0.1, -0.05) is 11.6 Å². The molecule has 7 nitrogen and oxygen atoms in total. The summed E-state index contributed by atoms with van der Waals surface area (Å²) in [4.78, 5) is 6.69. The maximum absolute atomic E-state index is 6.34. The second-order valence-corrected chi connectivity index (χ2v) is 6.97. The lowest BCUT2D eigenvalue weighted by molar-refractivity contribution is 0.122. The molecule has 1 N–H and O–H groups in total. The second-order valence-electron chi connectivity index (χ2n) is 6.56. The zero-order valence-corrected chi connectivity index (χ0v) is 16.6. The highest BCUT2D eigenvalue weighted by atomic mass is 35.5. The number of morpholine rings is 1. The van der Waals surface area contributed by atoms with Crippen molar-refractivity contribution in [3.8, 4) is 16.9 Å². The molecule has 0 radical (unpaired) electrons. The third-order valence-corrected chi connectivity index (χ3v) is 5.00. The van der Waals surface area contributed by atoms with Crippen LogP contribution in [-0.2, 0) is 11.8 Å². The Bertz CT molecular complexity index is 969. The van der Waals surface area contributed by atoms with E-state index in [2.05, 4.69) is 26.4 Å². The van der Waals surface area contributed by atoms with E-state index in [9.17, 15) is 0 Å². The van der Waals surface area contributed by atoms with Crippen molar-refractivity contribution in [3.05, 3.63) is 47.9 Å². The number of hydrogen-bond donors (Lipinski definition) is 1. The maximum Gasteiger partial charge on any atom is 0.144 e. The molecular weight excluding hydrogens is 378 g/mol. The van der Waals surface area contributed by atoms with Gasteiger partial charge in [-0.25, -0.2) is 4.98 Å². The largest absolute Gasteiger partial charge is 0.494 e. The maximum atomic E-state index is 6.34. The number of hydrogen-bond acceptors (Lipinski definition) is 6. The summed E-state index contributed by atoms with van der Waals surface area (Å²) in [6, 6.07) is 8.03. The van der Waals surface area contributed by atoms with Crippen molar-refractivity contribution in [2.45, 2.75) is 0 Å². The Labute approximate surface area is 168 Å². The number of rotatable bonds is 5. The molecule has 1 aliphatic rings. The Balaban J connectivity index is 1.60.